The predicted molar refractivity (Wildman–Crippen MR) is 151 cm³/mol. The first-order valence-electron chi connectivity index (χ1n) is 11.8. The first-order valence-corrected chi connectivity index (χ1v) is 14.4. The minimum Gasteiger partial charge on any atom is -0.309 e. The Morgan fingerprint density at radius 2 is 1.75 bits per heavy atom. The number of rotatable bonds is 8. The van der Waals surface area contributed by atoms with Crippen LogP contribution in [-0.4, -0.2) is 68.8 Å². The average molecular weight is 572 g/mol. The number of carbonyl (C=O) groups excluding carboxylic acids is 1. The molecule has 0 saturated carbocycles. The van der Waals surface area contributed by atoms with Crippen molar-refractivity contribution in [3.63, 3.8) is 0 Å². The van der Waals surface area contributed by atoms with E-state index < -0.39 is 10.0 Å². The van der Waals surface area contributed by atoms with E-state index in [9.17, 15) is 13.2 Å². The Morgan fingerprint density at radius 1 is 1.08 bits per heavy atom. The van der Waals surface area contributed by atoms with Crippen LogP contribution in [0.1, 0.15) is 41.6 Å². The third kappa shape index (κ3) is 6.38. The van der Waals surface area contributed by atoms with E-state index in [0.29, 0.717) is 35.4 Å². The van der Waals surface area contributed by atoms with Crippen molar-refractivity contribution >= 4 is 66.6 Å². The van der Waals surface area contributed by atoms with Crippen LogP contribution in [0.5, 0.6) is 0 Å². The highest BCUT2D eigenvalue weighted by Gasteiger charge is 2.27. The van der Waals surface area contributed by atoms with Gasteiger partial charge in [0.15, 0.2) is 5.13 Å². The second kappa shape index (κ2) is 12.2. The van der Waals surface area contributed by atoms with Crippen molar-refractivity contribution in [2.75, 3.05) is 45.2 Å². The molecule has 196 valence electrons. The number of benzene rings is 2. The lowest BCUT2D eigenvalue weighted by atomic mass is 10.2. The molecule has 1 saturated heterocycles. The molecule has 1 aromatic heterocycles. The zero-order valence-corrected chi connectivity index (χ0v) is 23.9. The van der Waals surface area contributed by atoms with Gasteiger partial charge >= 0.3 is 0 Å². The molecular formula is C25H32Cl2N4O3S2. The highest BCUT2D eigenvalue weighted by molar-refractivity contribution is 7.89. The second-order valence-corrected chi connectivity index (χ2v) is 12.6. The van der Waals surface area contributed by atoms with E-state index >= 15 is 0 Å². The van der Waals surface area contributed by atoms with E-state index in [-0.39, 0.29) is 23.2 Å². The summed E-state index contributed by atoms with van der Waals surface area (Å²) >= 11 is 7.67. The van der Waals surface area contributed by atoms with Gasteiger partial charge in [0.25, 0.3) is 5.91 Å². The van der Waals surface area contributed by atoms with Gasteiger partial charge in [-0.05, 0) is 88.8 Å². The van der Waals surface area contributed by atoms with Crippen molar-refractivity contribution in [1.82, 2.24) is 14.2 Å². The lowest BCUT2D eigenvalue weighted by molar-refractivity contribution is 0.0986. The average Bonchev–Trinajstić information content (AvgIpc) is 3.26. The second-order valence-electron chi connectivity index (χ2n) is 9.17. The quantitative estimate of drug-likeness (QED) is 0.360. The Kier molecular flexibility index (Phi) is 9.76. The van der Waals surface area contributed by atoms with Crippen LogP contribution in [0.15, 0.2) is 41.3 Å². The number of anilines is 1. The molecule has 3 aromatic rings. The van der Waals surface area contributed by atoms with Crippen LogP contribution >= 0.6 is 35.3 Å². The zero-order chi connectivity index (χ0) is 25.2. The number of amides is 1. The molecule has 2 aromatic carbocycles. The molecule has 0 bridgehead atoms. The Morgan fingerprint density at radius 3 is 2.39 bits per heavy atom. The van der Waals surface area contributed by atoms with Gasteiger partial charge in [0.2, 0.25) is 10.0 Å². The molecule has 7 nitrogen and oxygen atoms in total. The van der Waals surface area contributed by atoms with Gasteiger partial charge in [-0.3, -0.25) is 9.69 Å². The number of halogens is 2. The molecule has 2 heterocycles. The van der Waals surface area contributed by atoms with Gasteiger partial charge in [0, 0.05) is 30.2 Å². The van der Waals surface area contributed by atoms with Crippen molar-refractivity contribution in [2.24, 2.45) is 0 Å². The van der Waals surface area contributed by atoms with Crippen LogP contribution in [0.4, 0.5) is 5.13 Å². The SMILES string of the molecule is Cc1cc(Cl)cc2sc(N(CCCN(C)C)C(=O)c3ccc(S(=O)(=O)N4CCCCC4)cc3)nc12.Cl. The summed E-state index contributed by atoms with van der Waals surface area (Å²) in [6.07, 6.45) is 3.59. The van der Waals surface area contributed by atoms with Crippen molar-refractivity contribution < 1.29 is 13.2 Å². The van der Waals surface area contributed by atoms with Crippen LogP contribution in [0.25, 0.3) is 10.2 Å². The highest BCUT2D eigenvalue weighted by atomic mass is 35.5. The lowest BCUT2D eigenvalue weighted by Gasteiger charge is -2.26. The predicted octanol–water partition coefficient (Wildman–Crippen LogP) is 5.45. The largest absolute Gasteiger partial charge is 0.309 e. The molecule has 0 atom stereocenters. The molecule has 0 spiro atoms. The van der Waals surface area contributed by atoms with Gasteiger partial charge in [-0.1, -0.05) is 29.4 Å². The number of nitrogens with zero attached hydrogens (tertiary/aromatic N) is 4. The zero-order valence-electron chi connectivity index (χ0n) is 20.7. The Balaban J connectivity index is 0.00000361. The van der Waals surface area contributed by atoms with Crippen LogP contribution < -0.4 is 4.90 Å². The fourth-order valence-electron chi connectivity index (χ4n) is 4.27. The van der Waals surface area contributed by atoms with Gasteiger partial charge in [-0.2, -0.15) is 4.31 Å². The van der Waals surface area contributed by atoms with Crippen molar-refractivity contribution in [2.45, 2.75) is 37.5 Å². The standard InChI is InChI=1S/C25H31ClN4O3S2.ClH/c1-18-16-20(26)17-22-23(18)27-25(34-22)30(15-7-12-28(2)3)24(31)19-8-10-21(11-9-19)35(32,33)29-13-5-4-6-14-29;/h8-11,16-17H,4-7,12-15H2,1-3H3;1H. The molecule has 0 N–H and O–H groups in total. The minimum absolute atomic E-state index is 0. The van der Waals surface area contributed by atoms with Gasteiger partial charge in [-0.25, -0.2) is 13.4 Å². The number of fused-ring (bicyclic) bond motifs is 1. The van der Waals surface area contributed by atoms with E-state index in [2.05, 4.69) is 4.90 Å². The first-order chi connectivity index (χ1) is 16.7. The smallest absolute Gasteiger partial charge is 0.260 e. The van der Waals surface area contributed by atoms with E-state index in [1.54, 1.807) is 17.0 Å². The van der Waals surface area contributed by atoms with Crippen LogP contribution in [0.3, 0.4) is 0 Å². The Labute approximate surface area is 228 Å². The highest BCUT2D eigenvalue weighted by Crippen LogP contribution is 2.34. The Hall–Kier alpha value is -1.75. The maximum atomic E-state index is 13.6. The van der Waals surface area contributed by atoms with E-state index in [0.717, 1.165) is 48.0 Å². The van der Waals surface area contributed by atoms with Gasteiger partial charge in [0.1, 0.15) is 0 Å². The number of piperidine rings is 1. The molecule has 0 unspecified atom stereocenters. The summed E-state index contributed by atoms with van der Waals surface area (Å²) in [6.45, 7) is 4.37. The minimum atomic E-state index is -3.55. The summed E-state index contributed by atoms with van der Waals surface area (Å²) in [5.74, 6) is -0.200. The fraction of sp³-hybridized carbons (Fsp3) is 0.440. The number of aromatic nitrogens is 1. The third-order valence-corrected chi connectivity index (χ3v) is 9.31. The molecule has 0 radical (unpaired) electrons. The van der Waals surface area contributed by atoms with Crippen molar-refractivity contribution in [3.8, 4) is 0 Å². The number of carbonyl (C=O) groups is 1. The maximum Gasteiger partial charge on any atom is 0.260 e. The number of hydrogen-bond acceptors (Lipinski definition) is 6. The number of aryl methyl sites for hydroxylation is 1. The van der Waals surface area contributed by atoms with Crippen molar-refractivity contribution in [1.29, 1.82) is 0 Å². The summed E-state index contributed by atoms with van der Waals surface area (Å²) in [6, 6.07) is 10.0. The molecule has 0 aliphatic carbocycles. The summed E-state index contributed by atoms with van der Waals surface area (Å²) in [5.41, 5.74) is 2.23. The van der Waals surface area contributed by atoms with Crippen molar-refractivity contribution in [3.05, 3.63) is 52.5 Å². The monoisotopic (exact) mass is 570 g/mol. The van der Waals surface area contributed by atoms with Gasteiger partial charge in [0.05, 0.1) is 15.1 Å². The molecule has 1 aliphatic heterocycles. The fourth-order valence-corrected chi connectivity index (χ4v) is 7.23. The number of thiazole rings is 1. The molecule has 36 heavy (non-hydrogen) atoms. The molecule has 1 fully saturated rings. The molecule has 1 aliphatic rings. The van der Waals surface area contributed by atoms with Gasteiger partial charge < -0.3 is 4.90 Å². The molecular weight excluding hydrogens is 539 g/mol. The van der Waals surface area contributed by atoms with Crippen LogP contribution in [0, 0.1) is 6.92 Å². The topological polar surface area (TPSA) is 73.8 Å². The normalized spacial score (nSPS) is 14.7. The summed E-state index contributed by atoms with van der Waals surface area (Å²) in [4.78, 5) is 22.4. The maximum absolute atomic E-state index is 13.6. The van der Waals surface area contributed by atoms with E-state index in [1.165, 1.54) is 27.8 Å². The molecule has 4 rings (SSSR count). The van der Waals surface area contributed by atoms with Gasteiger partial charge in [-0.15, -0.1) is 12.4 Å². The lowest BCUT2D eigenvalue weighted by Crippen LogP contribution is -2.35. The first kappa shape index (κ1) is 28.8. The Bertz CT molecular complexity index is 1300. The summed E-state index contributed by atoms with van der Waals surface area (Å²) < 4.78 is 28.5. The van der Waals surface area contributed by atoms with E-state index in [4.69, 9.17) is 16.6 Å². The summed E-state index contributed by atoms with van der Waals surface area (Å²) in [5, 5.41) is 1.25. The number of hydrogen-bond donors (Lipinski definition) is 0. The summed E-state index contributed by atoms with van der Waals surface area (Å²) in [7, 11) is 0.447. The number of sulfonamides is 1. The molecule has 1 amide bonds. The van der Waals surface area contributed by atoms with E-state index in [1.807, 2.05) is 33.2 Å². The third-order valence-electron chi connectivity index (χ3n) is 6.16. The molecule has 11 heteroatoms. The van der Waals surface area contributed by atoms with Crippen LogP contribution in [-0.2, 0) is 10.0 Å². The van der Waals surface area contributed by atoms with Crippen LogP contribution in [0.2, 0.25) is 5.02 Å².